The van der Waals surface area contributed by atoms with Gasteiger partial charge in [0, 0.05) is 26.1 Å². The number of likely N-dealkylation sites (tertiary alicyclic amines) is 1. The fourth-order valence-corrected chi connectivity index (χ4v) is 3.77. The van der Waals surface area contributed by atoms with E-state index in [1.54, 1.807) is 14.0 Å². The van der Waals surface area contributed by atoms with Gasteiger partial charge in [0.05, 0.1) is 24.9 Å². The molecule has 2 aliphatic rings. The fraction of sp³-hybridized carbons (Fsp3) is 0.600. The van der Waals surface area contributed by atoms with E-state index in [1.807, 2.05) is 24.3 Å². The molecule has 0 amide bonds. The molecule has 0 aliphatic carbocycles. The van der Waals surface area contributed by atoms with Gasteiger partial charge >= 0.3 is 0 Å². The molecule has 1 aromatic carbocycles. The van der Waals surface area contributed by atoms with Crippen LogP contribution in [0.25, 0.3) is 6.08 Å². The van der Waals surface area contributed by atoms with Crippen molar-refractivity contribution in [1.29, 1.82) is 0 Å². The lowest BCUT2D eigenvalue weighted by atomic mass is 9.76. The Kier molecular flexibility index (Phi) is 5.49. The second-order valence-electron chi connectivity index (χ2n) is 7.52. The molecule has 2 atom stereocenters. The molecular weight excluding hydrogens is 318 g/mol. The number of methoxy groups -OCH3 is 1. The quantitative estimate of drug-likeness (QED) is 0.873. The minimum atomic E-state index is -1.05. The molecule has 2 fully saturated rings. The summed E-state index contributed by atoms with van der Waals surface area (Å²) >= 11 is 0. The van der Waals surface area contributed by atoms with Crippen molar-refractivity contribution in [1.82, 2.24) is 4.90 Å². The Morgan fingerprint density at radius 2 is 1.96 bits per heavy atom. The third kappa shape index (κ3) is 4.42. The van der Waals surface area contributed by atoms with Gasteiger partial charge in [-0.3, -0.25) is 4.90 Å². The van der Waals surface area contributed by atoms with Crippen molar-refractivity contribution in [2.45, 2.75) is 43.5 Å². The van der Waals surface area contributed by atoms with E-state index in [0.717, 1.165) is 43.8 Å². The predicted octanol–water partition coefficient (Wildman–Crippen LogP) is 2.08. The van der Waals surface area contributed by atoms with Gasteiger partial charge in [-0.1, -0.05) is 24.3 Å². The van der Waals surface area contributed by atoms with Crippen LogP contribution in [0.3, 0.4) is 0 Å². The number of nitrogens with zero attached hydrogens (tertiary/aromatic N) is 1. The predicted molar refractivity (Wildman–Crippen MR) is 97.6 cm³/mol. The Morgan fingerprint density at radius 3 is 2.56 bits per heavy atom. The standard InChI is InChI=1S/C20H29NO4/c1-19(23)15-20(25-14-18(19)22)9-12-21(13-10-20)11-3-4-16-5-7-17(24-2)8-6-16/h3-8,18,22-23H,9-15H2,1-2H3/t18?,19-/m0/s1. The van der Waals surface area contributed by atoms with Gasteiger partial charge in [-0.15, -0.1) is 0 Å². The molecule has 138 valence electrons. The van der Waals surface area contributed by atoms with Crippen molar-refractivity contribution in [3.63, 3.8) is 0 Å². The van der Waals surface area contributed by atoms with Crippen molar-refractivity contribution >= 4 is 6.08 Å². The van der Waals surface area contributed by atoms with Gasteiger partial charge in [0.15, 0.2) is 0 Å². The number of piperidine rings is 1. The van der Waals surface area contributed by atoms with Crippen LogP contribution in [0, 0.1) is 0 Å². The molecule has 1 aromatic rings. The largest absolute Gasteiger partial charge is 0.497 e. The highest BCUT2D eigenvalue weighted by Gasteiger charge is 2.48. The van der Waals surface area contributed by atoms with Crippen LogP contribution in [0.1, 0.15) is 31.7 Å². The Morgan fingerprint density at radius 1 is 1.28 bits per heavy atom. The highest BCUT2D eigenvalue weighted by atomic mass is 16.5. The molecule has 0 bridgehead atoms. The molecule has 2 heterocycles. The summed E-state index contributed by atoms with van der Waals surface area (Å²) in [5, 5.41) is 20.2. The van der Waals surface area contributed by atoms with E-state index in [1.165, 1.54) is 0 Å². The summed E-state index contributed by atoms with van der Waals surface area (Å²) in [5.41, 5.74) is -0.164. The number of benzene rings is 1. The summed E-state index contributed by atoms with van der Waals surface area (Å²) in [5.74, 6) is 0.868. The van der Waals surface area contributed by atoms with Gasteiger partial charge in [0.25, 0.3) is 0 Å². The summed E-state index contributed by atoms with van der Waals surface area (Å²) < 4.78 is 11.1. The van der Waals surface area contributed by atoms with Gasteiger partial charge in [0.1, 0.15) is 11.9 Å². The third-order valence-electron chi connectivity index (χ3n) is 5.50. The molecule has 2 N–H and O–H groups in total. The van der Waals surface area contributed by atoms with Gasteiger partial charge < -0.3 is 19.7 Å². The zero-order valence-corrected chi connectivity index (χ0v) is 15.1. The highest BCUT2D eigenvalue weighted by molar-refractivity contribution is 5.50. The number of aliphatic hydroxyl groups is 2. The topological polar surface area (TPSA) is 62.2 Å². The van der Waals surface area contributed by atoms with E-state index in [9.17, 15) is 10.2 Å². The molecule has 0 aromatic heterocycles. The summed E-state index contributed by atoms with van der Waals surface area (Å²) in [4.78, 5) is 2.40. The van der Waals surface area contributed by atoms with E-state index in [4.69, 9.17) is 9.47 Å². The lowest BCUT2D eigenvalue weighted by molar-refractivity contribution is -0.222. The van der Waals surface area contributed by atoms with E-state index in [-0.39, 0.29) is 12.2 Å². The van der Waals surface area contributed by atoms with E-state index < -0.39 is 11.7 Å². The first-order valence-electron chi connectivity index (χ1n) is 9.00. The van der Waals surface area contributed by atoms with E-state index in [0.29, 0.717) is 6.42 Å². The monoisotopic (exact) mass is 347 g/mol. The van der Waals surface area contributed by atoms with Crippen LogP contribution in [0.4, 0.5) is 0 Å². The van der Waals surface area contributed by atoms with E-state index in [2.05, 4.69) is 17.1 Å². The minimum absolute atomic E-state index is 0.227. The average Bonchev–Trinajstić information content (AvgIpc) is 2.61. The first-order chi connectivity index (χ1) is 11.9. The second kappa shape index (κ2) is 7.46. The first-order valence-corrected chi connectivity index (χ1v) is 9.00. The fourth-order valence-electron chi connectivity index (χ4n) is 3.77. The third-order valence-corrected chi connectivity index (χ3v) is 5.50. The maximum absolute atomic E-state index is 10.4. The van der Waals surface area contributed by atoms with Crippen LogP contribution in [-0.2, 0) is 4.74 Å². The molecule has 1 unspecified atom stereocenters. The van der Waals surface area contributed by atoms with Crippen molar-refractivity contribution in [3.05, 3.63) is 35.9 Å². The van der Waals surface area contributed by atoms with E-state index >= 15 is 0 Å². The van der Waals surface area contributed by atoms with Crippen molar-refractivity contribution in [2.24, 2.45) is 0 Å². The normalized spacial score (nSPS) is 30.0. The SMILES string of the molecule is COc1ccc(C=CCN2CCC3(CC2)C[C@](C)(O)C(O)CO3)cc1. The number of aliphatic hydroxyl groups excluding tert-OH is 1. The van der Waals surface area contributed by atoms with Gasteiger partial charge in [-0.25, -0.2) is 0 Å². The second-order valence-corrected chi connectivity index (χ2v) is 7.52. The van der Waals surface area contributed by atoms with Crippen LogP contribution in [-0.4, -0.2) is 65.8 Å². The van der Waals surface area contributed by atoms with Crippen molar-refractivity contribution in [3.8, 4) is 5.75 Å². The number of hydrogen-bond donors (Lipinski definition) is 2. The Bertz CT molecular complexity index is 588. The Labute approximate surface area is 149 Å². The number of hydrogen-bond acceptors (Lipinski definition) is 5. The lowest BCUT2D eigenvalue weighted by Crippen LogP contribution is -2.59. The molecule has 2 saturated heterocycles. The van der Waals surface area contributed by atoms with Gasteiger partial charge in [0.2, 0.25) is 0 Å². The maximum Gasteiger partial charge on any atom is 0.118 e. The number of ether oxygens (including phenoxy) is 2. The maximum atomic E-state index is 10.4. The molecule has 0 saturated carbocycles. The summed E-state index contributed by atoms with van der Waals surface area (Å²) in [6.07, 6.45) is 5.82. The molecule has 25 heavy (non-hydrogen) atoms. The molecule has 3 rings (SSSR count). The Balaban J connectivity index is 1.48. The van der Waals surface area contributed by atoms with Gasteiger partial charge in [-0.2, -0.15) is 0 Å². The molecule has 5 heteroatoms. The van der Waals surface area contributed by atoms with Crippen LogP contribution in [0.2, 0.25) is 0 Å². The zero-order chi connectivity index (χ0) is 17.9. The molecule has 0 radical (unpaired) electrons. The summed E-state index contributed by atoms with van der Waals surface area (Å²) in [6, 6.07) is 8.02. The number of rotatable bonds is 4. The van der Waals surface area contributed by atoms with Crippen LogP contribution in [0.5, 0.6) is 5.75 Å². The first kappa shape index (κ1) is 18.4. The van der Waals surface area contributed by atoms with Crippen LogP contribution < -0.4 is 4.74 Å². The van der Waals surface area contributed by atoms with Crippen LogP contribution >= 0.6 is 0 Å². The Hall–Kier alpha value is -1.40. The highest BCUT2D eigenvalue weighted by Crippen LogP contribution is 2.39. The molecule has 5 nitrogen and oxygen atoms in total. The van der Waals surface area contributed by atoms with Crippen molar-refractivity contribution < 1.29 is 19.7 Å². The summed E-state index contributed by atoms with van der Waals surface area (Å²) in [7, 11) is 1.67. The van der Waals surface area contributed by atoms with Crippen molar-refractivity contribution in [2.75, 3.05) is 33.4 Å². The molecule has 1 spiro atoms. The molecular formula is C20H29NO4. The lowest BCUT2D eigenvalue weighted by Gasteiger charge is -2.49. The zero-order valence-electron chi connectivity index (χ0n) is 15.1. The van der Waals surface area contributed by atoms with Crippen LogP contribution in [0.15, 0.2) is 30.3 Å². The minimum Gasteiger partial charge on any atom is -0.497 e. The average molecular weight is 347 g/mol. The summed E-state index contributed by atoms with van der Waals surface area (Å²) in [6.45, 7) is 4.73. The van der Waals surface area contributed by atoms with Gasteiger partial charge in [-0.05, 0) is 37.5 Å². The smallest absolute Gasteiger partial charge is 0.118 e. The molecule has 2 aliphatic heterocycles.